The Bertz CT molecular complexity index is 3840. The first-order chi connectivity index (χ1) is 31.7. The standard InChI is InChI=1S/C60H38N2S2/c1-4-15-39(16-5-1)42-27-30-50-51-32-29-46(38-58(51)63-56(50)35-42)61(44-21-14-22-45(37-44)62-53-25-12-10-23-48(53)49-24-11-13-26-54(49)62)55-34-33-47(41-19-8-3-9-20-41)60-59(55)52-31-28-43(36-57(52)64-60)40-17-6-2-7-18-40/h1-38H. The molecule has 0 aliphatic heterocycles. The molecule has 3 heterocycles. The van der Waals surface area contributed by atoms with E-state index in [4.69, 9.17) is 0 Å². The van der Waals surface area contributed by atoms with Crippen LogP contribution >= 0.6 is 22.7 Å². The monoisotopic (exact) mass is 850 g/mol. The minimum atomic E-state index is 1.10. The molecular formula is C60H38N2S2. The smallest absolute Gasteiger partial charge is 0.0555 e. The molecule has 0 aliphatic carbocycles. The van der Waals surface area contributed by atoms with Crippen molar-refractivity contribution in [2.24, 2.45) is 0 Å². The van der Waals surface area contributed by atoms with Gasteiger partial charge >= 0.3 is 0 Å². The van der Waals surface area contributed by atoms with Crippen LogP contribution in [0, 0.1) is 0 Å². The molecule has 0 radical (unpaired) electrons. The molecule has 3 aromatic heterocycles. The Labute approximate surface area is 378 Å². The van der Waals surface area contributed by atoms with Gasteiger partial charge in [-0.3, -0.25) is 0 Å². The molecule has 0 amide bonds. The Morgan fingerprint density at radius 2 is 0.859 bits per heavy atom. The molecular weight excluding hydrogens is 813 g/mol. The largest absolute Gasteiger partial charge is 0.310 e. The SMILES string of the molecule is c1ccc(-c2ccc3c(c2)sc2cc(N(c4cccc(-n5c6ccccc6c6ccccc65)c4)c4ccc(-c5ccccc5)c5sc6cc(-c7ccccc7)ccc6c45)ccc23)cc1. The van der Waals surface area contributed by atoms with Crippen molar-refractivity contribution in [2.75, 3.05) is 4.90 Å². The molecule has 0 bridgehead atoms. The maximum Gasteiger partial charge on any atom is 0.0555 e. The number of nitrogens with zero attached hydrogens (tertiary/aromatic N) is 2. The summed E-state index contributed by atoms with van der Waals surface area (Å²) in [4.78, 5) is 2.50. The van der Waals surface area contributed by atoms with Gasteiger partial charge in [0.1, 0.15) is 0 Å². The number of fused-ring (bicyclic) bond motifs is 9. The third-order valence-electron chi connectivity index (χ3n) is 12.8. The first-order valence-corrected chi connectivity index (χ1v) is 23.4. The predicted molar refractivity (Wildman–Crippen MR) is 278 cm³/mol. The summed E-state index contributed by atoms with van der Waals surface area (Å²) in [6, 6.07) is 84.7. The molecule has 0 saturated carbocycles. The quantitative estimate of drug-likeness (QED) is 0.155. The van der Waals surface area contributed by atoms with E-state index in [1.165, 1.54) is 95.5 Å². The number of hydrogen-bond donors (Lipinski definition) is 0. The topological polar surface area (TPSA) is 8.17 Å². The molecule has 64 heavy (non-hydrogen) atoms. The highest BCUT2D eigenvalue weighted by Gasteiger charge is 2.23. The second-order valence-corrected chi connectivity index (χ2v) is 18.6. The number of thiophene rings is 2. The molecule has 0 spiro atoms. The molecule has 4 heteroatoms. The molecule has 300 valence electrons. The Kier molecular flexibility index (Phi) is 8.61. The van der Waals surface area contributed by atoms with E-state index in [-0.39, 0.29) is 0 Å². The zero-order valence-electron chi connectivity index (χ0n) is 34.7. The van der Waals surface area contributed by atoms with Crippen molar-refractivity contribution in [3.8, 4) is 39.1 Å². The molecule has 0 atom stereocenters. The van der Waals surface area contributed by atoms with Crippen LogP contribution in [0.25, 0.3) is 101 Å². The van der Waals surface area contributed by atoms with Crippen LogP contribution in [-0.2, 0) is 0 Å². The Balaban J connectivity index is 1.07. The zero-order valence-corrected chi connectivity index (χ0v) is 36.3. The summed E-state index contributed by atoms with van der Waals surface area (Å²) in [5.41, 5.74) is 14.3. The summed E-state index contributed by atoms with van der Waals surface area (Å²) in [6.07, 6.45) is 0. The molecule has 0 aliphatic rings. The van der Waals surface area contributed by atoms with Crippen LogP contribution in [0.15, 0.2) is 231 Å². The highest BCUT2D eigenvalue weighted by molar-refractivity contribution is 7.26. The average Bonchev–Trinajstić information content (AvgIpc) is 4.04. The Morgan fingerprint density at radius 3 is 1.52 bits per heavy atom. The molecule has 0 unspecified atom stereocenters. The second kappa shape index (κ2) is 15.0. The fourth-order valence-corrected chi connectivity index (χ4v) is 12.3. The lowest BCUT2D eigenvalue weighted by atomic mass is 9.98. The first kappa shape index (κ1) is 36.9. The van der Waals surface area contributed by atoms with Gasteiger partial charge in [0.05, 0.1) is 16.7 Å². The fraction of sp³-hybridized carbons (Fsp3) is 0. The van der Waals surface area contributed by atoms with Gasteiger partial charge in [0.15, 0.2) is 0 Å². The van der Waals surface area contributed by atoms with Crippen molar-refractivity contribution in [1.82, 2.24) is 4.57 Å². The number of benzene rings is 10. The summed E-state index contributed by atoms with van der Waals surface area (Å²) >= 11 is 3.77. The third-order valence-corrected chi connectivity index (χ3v) is 15.1. The average molecular weight is 851 g/mol. The molecule has 0 saturated heterocycles. The van der Waals surface area contributed by atoms with Crippen molar-refractivity contribution in [1.29, 1.82) is 0 Å². The summed E-state index contributed by atoms with van der Waals surface area (Å²) in [5.74, 6) is 0. The molecule has 13 aromatic rings. The van der Waals surface area contributed by atoms with Crippen LogP contribution < -0.4 is 4.90 Å². The number of aromatic nitrogens is 1. The number of para-hydroxylation sites is 2. The van der Waals surface area contributed by atoms with Gasteiger partial charge in [0, 0.05) is 68.2 Å². The van der Waals surface area contributed by atoms with E-state index in [2.05, 4.69) is 240 Å². The summed E-state index contributed by atoms with van der Waals surface area (Å²) in [7, 11) is 0. The zero-order chi connectivity index (χ0) is 42.1. The summed E-state index contributed by atoms with van der Waals surface area (Å²) in [6.45, 7) is 0. The van der Waals surface area contributed by atoms with Crippen LogP contribution in [0.2, 0.25) is 0 Å². The van der Waals surface area contributed by atoms with Gasteiger partial charge in [0.2, 0.25) is 0 Å². The maximum atomic E-state index is 2.50. The Hall–Kier alpha value is -7.76. The van der Waals surface area contributed by atoms with Crippen LogP contribution in [0.1, 0.15) is 0 Å². The van der Waals surface area contributed by atoms with Gasteiger partial charge in [-0.05, 0) is 94.0 Å². The van der Waals surface area contributed by atoms with Crippen molar-refractivity contribution in [2.45, 2.75) is 0 Å². The van der Waals surface area contributed by atoms with Crippen LogP contribution in [0.3, 0.4) is 0 Å². The lowest BCUT2D eigenvalue weighted by Crippen LogP contribution is -2.11. The maximum absolute atomic E-state index is 2.50. The molecule has 0 fully saturated rings. The van der Waals surface area contributed by atoms with Crippen LogP contribution in [0.5, 0.6) is 0 Å². The van der Waals surface area contributed by atoms with E-state index in [0.29, 0.717) is 0 Å². The molecule has 0 N–H and O–H groups in total. The molecule has 13 rings (SSSR count). The summed E-state index contributed by atoms with van der Waals surface area (Å²) < 4.78 is 7.53. The number of anilines is 3. The van der Waals surface area contributed by atoms with E-state index in [0.717, 1.165) is 22.7 Å². The van der Waals surface area contributed by atoms with Gasteiger partial charge in [-0.1, -0.05) is 170 Å². The van der Waals surface area contributed by atoms with Crippen molar-refractivity contribution >= 4 is 102 Å². The predicted octanol–water partition coefficient (Wildman–Crippen LogP) is 18.0. The van der Waals surface area contributed by atoms with Crippen molar-refractivity contribution < 1.29 is 0 Å². The summed E-state index contributed by atoms with van der Waals surface area (Å²) in [5, 5.41) is 7.59. The van der Waals surface area contributed by atoms with Crippen molar-refractivity contribution in [3.05, 3.63) is 231 Å². The highest BCUT2D eigenvalue weighted by atomic mass is 32.1. The van der Waals surface area contributed by atoms with E-state index < -0.39 is 0 Å². The molecule has 10 aromatic carbocycles. The van der Waals surface area contributed by atoms with E-state index in [9.17, 15) is 0 Å². The van der Waals surface area contributed by atoms with E-state index in [1.807, 2.05) is 22.7 Å². The minimum Gasteiger partial charge on any atom is -0.310 e. The molecule has 2 nitrogen and oxygen atoms in total. The van der Waals surface area contributed by atoms with Gasteiger partial charge in [-0.25, -0.2) is 0 Å². The van der Waals surface area contributed by atoms with Crippen LogP contribution in [-0.4, -0.2) is 4.57 Å². The Morgan fingerprint density at radius 1 is 0.328 bits per heavy atom. The lowest BCUT2D eigenvalue weighted by Gasteiger charge is -2.28. The lowest BCUT2D eigenvalue weighted by molar-refractivity contribution is 1.17. The normalized spacial score (nSPS) is 11.8. The third kappa shape index (κ3) is 5.99. The van der Waals surface area contributed by atoms with E-state index >= 15 is 0 Å². The van der Waals surface area contributed by atoms with Gasteiger partial charge in [-0.15, -0.1) is 22.7 Å². The van der Waals surface area contributed by atoms with Gasteiger partial charge in [0.25, 0.3) is 0 Å². The highest BCUT2D eigenvalue weighted by Crippen LogP contribution is 2.50. The second-order valence-electron chi connectivity index (χ2n) is 16.5. The van der Waals surface area contributed by atoms with Gasteiger partial charge in [-0.2, -0.15) is 0 Å². The number of rotatable bonds is 7. The van der Waals surface area contributed by atoms with Crippen molar-refractivity contribution in [3.63, 3.8) is 0 Å². The fourth-order valence-electron chi connectivity index (χ4n) is 9.82. The number of hydrogen-bond acceptors (Lipinski definition) is 3. The van der Waals surface area contributed by atoms with Gasteiger partial charge < -0.3 is 9.47 Å². The first-order valence-electron chi connectivity index (χ1n) is 21.7. The van der Waals surface area contributed by atoms with E-state index in [1.54, 1.807) is 0 Å². The minimum absolute atomic E-state index is 1.10. The van der Waals surface area contributed by atoms with Crippen LogP contribution in [0.4, 0.5) is 17.1 Å².